The number of thiophene rings is 1. The van der Waals surface area contributed by atoms with E-state index in [0.717, 1.165) is 49.4 Å². The zero-order valence-electron chi connectivity index (χ0n) is 15.2. The number of nitrogens with one attached hydrogen (secondary N) is 1. The van der Waals surface area contributed by atoms with Crippen LogP contribution in [0.1, 0.15) is 40.9 Å². The topological polar surface area (TPSA) is 58.6 Å². The van der Waals surface area contributed by atoms with Gasteiger partial charge in [-0.05, 0) is 48.6 Å². The summed E-state index contributed by atoms with van der Waals surface area (Å²) in [5.74, 6) is 1.31. The van der Waals surface area contributed by atoms with Gasteiger partial charge in [-0.1, -0.05) is 6.07 Å². The van der Waals surface area contributed by atoms with Gasteiger partial charge in [0, 0.05) is 42.3 Å². The van der Waals surface area contributed by atoms with Crippen LogP contribution in [0.25, 0.3) is 0 Å². The van der Waals surface area contributed by atoms with Crippen LogP contribution in [0.5, 0.6) is 5.75 Å². The van der Waals surface area contributed by atoms with Gasteiger partial charge in [-0.3, -0.25) is 9.59 Å². The Hall–Kier alpha value is -2.34. The number of nitrogens with zero attached hydrogens (tertiary/aromatic N) is 1. The van der Waals surface area contributed by atoms with Gasteiger partial charge in [0.05, 0.1) is 6.54 Å². The number of hydrogen-bond acceptors (Lipinski definition) is 4. The van der Waals surface area contributed by atoms with Gasteiger partial charge in [0.15, 0.2) is 0 Å². The molecule has 2 aliphatic rings. The first-order valence-corrected chi connectivity index (χ1v) is 10.4. The zero-order valence-corrected chi connectivity index (χ0v) is 16.0. The molecule has 1 N–H and O–H groups in total. The third kappa shape index (κ3) is 4.69. The number of rotatable bonds is 6. The monoisotopic (exact) mass is 384 g/mol. The molecule has 6 heteroatoms. The van der Waals surface area contributed by atoms with Gasteiger partial charge < -0.3 is 15.0 Å². The highest BCUT2D eigenvalue weighted by Gasteiger charge is 2.35. The average Bonchev–Trinajstić information content (AvgIpc) is 3.42. The Labute approximate surface area is 163 Å². The third-order valence-corrected chi connectivity index (χ3v) is 5.98. The van der Waals surface area contributed by atoms with E-state index in [4.69, 9.17) is 4.74 Å². The van der Waals surface area contributed by atoms with Crippen molar-refractivity contribution < 1.29 is 14.3 Å². The van der Waals surface area contributed by atoms with Crippen molar-refractivity contribution in [2.24, 2.45) is 5.92 Å². The largest absolute Gasteiger partial charge is 0.490 e. The Bertz CT molecular complexity index is 776. The summed E-state index contributed by atoms with van der Waals surface area (Å²) in [5.41, 5.74) is 0.628. The Morgan fingerprint density at radius 3 is 2.44 bits per heavy atom. The molecular weight excluding hydrogens is 360 g/mol. The summed E-state index contributed by atoms with van der Waals surface area (Å²) in [4.78, 5) is 27.4. The van der Waals surface area contributed by atoms with E-state index in [1.165, 1.54) is 0 Å². The van der Waals surface area contributed by atoms with Gasteiger partial charge in [-0.25, -0.2) is 0 Å². The van der Waals surface area contributed by atoms with Crippen molar-refractivity contribution in [1.29, 1.82) is 0 Å². The van der Waals surface area contributed by atoms with Crippen molar-refractivity contribution in [1.82, 2.24) is 10.2 Å². The molecule has 5 nitrogen and oxygen atoms in total. The highest BCUT2D eigenvalue weighted by molar-refractivity contribution is 7.09. The van der Waals surface area contributed by atoms with Crippen molar-refractivity contribution in [3.63, 3.8) is 0 Å². The number of amides is 2. The molecule has 2 heterocycles. The fourth-order valence-electron chi connectivity index (χ4n) is 3.34. The van der Waals surface area contributed by atoms with Crippen LogP contribution in [0.3, 0.4) is 0 Å². The van der Waals surface area contributed by atoms with Crippen molar-refractivity contribution in [3.8, 4) is 5.75 Å². The molecule has 0 radical (unpaired) electrons. The Morgan fingerprint density at radius 2 is 1.81 bits per heavy atom. The van der Waals surface area contributed by atoms with Gasteiger partial charge >= 0.3 is 0 Å². The standard InChI is InChI=1S/C21H24N2O3S/c24-20(22-14-19-2-1-13-27-19)15-5-7-17(8-6-15)26-18-9-11-23(12-10-18)21(25)16-3-4-16/h1-2,5-8,13,16,18H,3-4,9-12,14H2,(H,22,24). The fraction of sp³-hybridized carbons (Fsp3) is 0.429. The van der Waals surface area contributed by atoms with Crippen LogP contribution in [0.4, 0.5) is 0 Å². The molecule has 4 rings (SSSR count). The summed E-state index contributed by atoms with van der Waals surface area (Å²) >= 11 is 1.63. The zero-order chi connectivity index (χ0) is 18.6. The minimum absolute atomic E-state index is 0.0816. The molecule has 0 spiro atoms. The van der Waals surface area contributed by atoms with E-state index < -0.39 is 0 Å². The van der Waals surface area contributed by atoms with E-state index >= 15 is 0 Å². The SMILES string of the molecule is O=C(NCc1cccs1)c1ccc(OC2CCN(C(=O)C3CC3)CC2)cc1. The maximum atomic E-state index is 12.2. The van der Waals surface area contributed by atoms with Gasteiger partial charge in [0.2, 0.25) is 5.91 Å². The third-order valence-electron chi connectivity index (χ3n) is 5.10. The molecule has 1 aromatic carbocycles. The Morgan fingerprint density at radius 1 is 1.07 bits per heavy atom. The Kier molecular flexibility index (Phi) is 5.43. The lowest BCUT2D eigenvalue weighted by Crippen LogP contribution is -2.42. The number of ether oxygens (including phenoxy) is 1. The summed E-state index contributed by atoms with van der Waals surface area (Å²) < 4.78 is 6.05. The van der Waals surface area contributed by atoms with Crippen LogP contribution >= 0.6 is 11.3 Å². The number of carbonyl (C=O) groups excluding carboxylic acids is 2. The van der Waals surface area contributed by atoms with Crippen molar-refractivity contribution in [2.45, 2.75) is 38.3 Å². The van der Waals surface area contributed by atoms with Crippen LogP contribution in [0.15, 0.2) is 41.8 Å². The fourth-order valence-corrected chi connectivity index (χ4v) is 3.99. The lowest BCUT2D eigenvalue weighted by atomic mass is 10.1. The van der Waals surface area contributed by atoms with Crippen LogP contribution in [-0.2, 0) is 11.3 Å². The summed E-state index contributed by atoms with van der Waals surface area (Å²) in [6.07, 6.45) is 3.97. The van der Waals surface area contributed by atoms with Gasteiger partial charge in [-0.15, -0.1) is 11.3 Å². The van der Waals surface area contributed by atoms with Crippen LogP contribution in [0.2, 0.25) is 0 Å². The number of piperidine rings is 1. The second-order valence-electron chi connectivity index (χ2n) is 7.20. The van der Waals surface area contributed by atoms with E-state index in [1.54, 1.807) is 23.5 Å². The molecule has 2 fully saturated rings. The lowest BCUT2D eigenvalue weighted by molar-refractivity contribution is -0.134. The summed E-state index contributed by atoms with van der Waals surface area (Å²) in [5, 5.41) is 4.92. The number of benzene rings is 1. The molecule has 1 aromatic heterocycles. The summed E-state index contributed by atoms with van der Waals surface area (Å²) in [6.45, 7) is 2.11. The minimum atomic E-state index is -0.0816. The number of hydrogen-bond donors (Lipinski definition) is 1. The predicted molar refractivity (Wildman–Crippen MR) is 105 cm³/mol. The maximum Gasteiger partial charge on any atom is 0.251 e. The molecular formula is C21H24N2O3S. The van der Waals surface area contributed by atoms with E-state index in [0.29, 0.717) is 23.9 Å². The van der Waals surface area contributed by atoms with E-state index in [9.17, 15) is 9.59 Å². The number of likely N-dealkylation sites (tertiary alicyclic amines) is 1. The molecule has 1 saturated carbocycles. The molecule has 1 aliphatic heterocycles. The highest BCUT2D eigenvalue weighted by Crippen LogP contribution is 2.32. The Balaban J connectivity index is 1.24. The molecule has 27 heavy (non-hydrogen) atoms. The smallest absolute Gasteiger partial charge is 0.251 e. The molecule has 1 aliphatic carbocycles. The molecule has 2 aromatic rings. The highest BCUT2D eigenvalue weighted by atomic mass is 32.1. The summed E-state index contributed by atoms with van der Waals surface area (Å²) in [7, 11) is 0. The quantitative estimate of drug-likeness (QED) is 0.830. The van der Waals surface area contributed by atoms with Crippen molar-refractivity contribution >= 4 is 23.2 Å². The second kappa shape index (κ2) is 8.13. The first kappa shape index (κ1) is 18.0. The molecule has 0 unspecified atom stereocenters. The average molecular weight is 385 g/mol. The predicted octanol–water partition coefficient (Wildman–Crippen LogP) is 3.46. The van der Waals surface area contributed by atoms with E-state index in [-0.39, 0.29) is 12.0 Å². The molecule has 0 bridgehead atoms. The van der Waals surface area contributed by atoms with Crippen molar-refractivity contribution in [2.75, 3.05) is 13.1 Å². The first-order chi connectivity index (χ1) is 13.2. The van der Waals surface area contributed by atoms with E-state index in [1.807, 2.05) is 34.5 Å². The van der Waals surface area contributed by atoms with E-state index in [2.05, 4.69) is 5.32 Å². The summed E-state index contributed by atoms with van der Waals surface area (Å²) in [6, 6.07) is 11.3. The normalized spacial score (nSPS) is 17.6. The van der Waals surface area contributed by atoms with Crippen LogP contribution in [-0.4, -0.2) is 35.9 Å². The first-order valence-electron chi connectivity index (χ1n) is 9.55. The van der Waals surface area contributed by atoms with Gasteiger partial charge in [0.25, 0.3) is 5.91 Å². The second-order valence-corrected chi connectivity index (χ2v) is 8.24. The molecule has 142 valence electrons. The molecule has 2 amide bonds. The van der Waals surface area contributed by atoms with Crippen molar-refractivity contribution in [3.05, 3.63) is 52.2 Å². The minimum Gasteiger partial charge on any atom is -0.490 e. The molecule has 1 saturated heterocycles. The lowest BCUT2D eigenvalue weighted by Gasteiger charge is -2.32. The van der Waals surface area contributed by atoms with Gasteiger partial charge in [-0.2, -0.15) is 0 Å². The maximum absolute atomic E-state index is 12.2. The molecule has 0 atom stereocenters. The van der Waals surface area contributed by atoms with Crippen LogP contribution in [0, 0.1) is 5.92 Å². The van der Waals surface area contributed by atoms with Gasteiger partial charge in [0.1, 0.15) is 11.9 Å². The number of carbonyl (C=O) groups is 2. The van der Waals surface area contributed by atoms with Crippen LogP contribution < -0.4 is 10.1 Å².